The fraction of sp³-hybridized carbons (Fsp3) is 1.00. The van der Waals surface area contributed by atoms with E-state index in [1.54, 1.807) is 0 Å². The highest BCUT2D eigenvalue weighted by Gasteiger charge is 2.37. The van der Waals surface area contributed by atoms with E-state index in [1.807, 2.05) is 7.11 Å². The van der Waals surface area contributed by atoms with Crippen LogP contribution in [-0.2, 0) is 4.65 Å². The van der Waals surface area contributed by atoms with E-state index in [-0.39, 0.29) is 0 Å². The summed E-state index contributed by atoms with van der Waals surface area (Å²) in [4.78, 5) is 0. The predicted molar refractivity (Wildman–Crippen MR) is 60.5 cm³/mol. The van der Waals surface area contributed by atoms with Crippen molar-refractivity contribution in [3.05, 3.63) is 0 Å². The zero-order chi connectivity index (χ0) is 9.26. The second-order valence-electron chi connectivity index (χ2n) is 4.79. The second kappa shape index (κ2) is 4.35. The molecule has 1 aliphatic heterocycles. The van der Waals surface area contributed by atoms with Gasteiger partial charge >= 0.3 is 0 Å². The molecule has 0 radical (unpaired) electrons. The molecule has 0 N–H and O–H groups in total. The van der Waals surface area contributed by atoms with Gasteiger partial charge in [0.2, 0.25) is 0 Å². The van der Waals surface area contributed by atoms with E-state index in [9.17, 15) is 0 Å². The first-order valence-electron chi connectivity index (χ1n) is 5.40. The third-order valence-electron chi connectivity index (χ3n) is 3.74. The Morgan fingerprint density at radius 2 is 1.85 bits per heavy atom. The van der Waals surface area contributed by atoms with E-state index in [1.165, 1.54) is 37.2 Å². The Bertz CT molecular complexity index is 146. The normalized spacial score (nSPS) is 39.2. The lowest BCUT2D eigenvalue weighted by atomic mass is 9.46. The monoisotopic (exact) mass is 244 g/mol. The van der Waals surface area contributed by atoms with Crippen molar-refractivity contribution < 1.29 is 4.65 Å². The van der Waals surface area contributed by atoms with Crippen LogP contribution in [0.15, 0.2) is 0 Å². The molecule has 2 atom stereocenters. The van der Waals surface area contributed by atoms with E-state index >= 15 is 0 Å². The van der Waals surface area contributed by atoms with Gasteiger partial charge in [0.15, 0.2) is 0 Å². The molecule has 2 unspecified atom stereocenters. The predicted octanol–water partition coefficient (Wildman–Crippen LogP) is 3.07. The first-order valence-corrected chi connectivity index (χ1v) is 6.52. The zero-order valence-corrected chi connectivity index (χ0v) is 9.92. The Hall–Kier alpha value is 0.505. The summed E-state index contributed by atoms with van der Waals surface area (Å²) in [5.41, 5.74) is 0. The summed E-state index contributed by atoms with van der Waals surface area (Å²) >= 11 is 3.62. The van der Waals surface area contributed by atoms with Crippen LogP contribution in [0.25, 0.3) is 0 Å². The van der Waals surface area contributed by atoms with Gasteiger partial charge in [-0.25, -0.2) is 0 Å². The minimum atomic E-state index is 0.569. The largest absolute Gasteiger partial charge is 0.438 e. The SMILES string of the molecule is COB1CC2CC(CBr)CC(C1)C2. The lowest BCUT2D eigenvalue weighted by molar-refractivity contribution is 0.207. The topological polar surface area (TPSA) is 9.23 Å². The van der Waals surface area contributed by atoms with Crippen LogP contribution in [0.2, 0.25) is 12.6 Å². The molecule has 13 heavy (non-hydrogen) atoms. The van der Waals surface area contributed by atoms with Crippen LogP contribution in [0.3, 0.4) is 0 Å². The average molecular weight is 245 g/mol. The molecule has 74 valence electrons. The van der Waals surface area contributed by atoms with Crippen LogP contribution < -0.4 is 0 Å². The molecule has 0 amide bonds. The smallest absolute Gasteiger partial charge is 0.293 e. The van der Waals surface area contributed by atoms with Gasteiger partial charge in [-0.1, -0.05) is 15.9 Å². The maximum absolute atomic E-state index is 5.48. The van der Waals surface area contributed by atoms with Crippen LogP contribution in [0.1, 0.15) is 19.3 Å². The maximum atomic E-state index is 5.48. The molecule has 0 aromatic carbocycles. The fourth-order valence-corrected chi connectivity index (χ4v) is 3.77. The Morgan fingerprint density at radius 1 is 1.23 bits per heavy atom. The van der Waals surface area contributed by atoms with Gasteiger partial charge < -0.3 is 4.65 Å². The summed E-state index contributed by atoms with van der Waals surface area (Å²) in [6, 6.07) is 0. The molecule has 0 aromatic heterocycles. The van der Waals surface area contributed by atoms with E-state index in [4.69, 9.17) is 4.65 Å². The molecule has 0 aromatic rings. The van der Waals surface area contributed by atoms with Crippen molar-refractivity contribution in [3.8, 4) is 0 Å². The lowest BCUT2D eigenvalue weighted by Gasteiger charge is -2.40. The second-order valence-corrected chi connectivity index (χ2v) is 5.44. The van der Waals surface area contributed by atoms with E-state index in [0.29, 0.717) is 6.92 Å². The highest BCUT2D eigenvalue weighted by atomic mass is 79.9. The number of fused-ring (bicyclic) bond motifs is 2. The first kappa shape index (κ1) is 10.0. The molecule has 1 nitrogen and oxygen atoms in total. The summed E-state index contributed by atoms with van der Waals surface area (Å²) in [6.07, 6.45) is 6.97. The Balaban J connectivity index is 1.93. The summed E-state index contributed by atoms with van der Waals surface area (Å²) in [7, 11) is 1.87. The molecule has 2 aliphatic rings. The molecule has 0 spiro atoms. The molecular formula is C10H18BBrO. The summed E-state index contributed by atoms with van der Waals surface area (Å²) in [5, 5.41) is 1.21. The van der Waals surface area contributed by atoms with Crippen molar-refractivity contribution in [1.82, 2.24) is 0 Å². The standard InChI is InChI=1S/C10H18BBrO/c1-13-11-5-8-2-9(6-11)4-10(3-8)7-12/h8-10H,2-7H2,1H3. The third-order valence-corrected chi connectivity index (χ3v) is 4.66. The number of halogens is 1. The van der Waals surface area contributed by atoms with Gasteiger partial charge in [0.05, 0.1) is 0 Å². The van der Waals surface area contributed by atoms with E-state index < -0.39 is 0 Å². The van der Waals surface area contributed by atoms with Crippen LogP contribution in [-0.4, -0.2) is 19.4 Å². The Kier molecular flexibility index (Phi) is 3.36. The molecule has 1 saturated heterocycles. The quantitative estimate of drug-likeness (QED) is 0.536. The molecule has 2 fully saturated rings. The molecule has 1 aliphatic carbocycles. The summed E-state index contributed by atoms with van der Waals surface area (Å²) in [5.74, 6) is 2.86. The maximum Gasteiger partial charge on any atom is 0.293 e. The van der Waals surface area contributed by atoms with Gasteiger partial charge in [-0.15, -0.1) is 0 Å². The van der Waals surface area contributed by atoms with Gasteiger partial charge in [0.1, 0.15) is 0 Å². The highest BCUT2D eigenvalue weighted by molar-refractivity contribution is 9.09. The van der Waals surface area contributed by atoms with Gasteiger partial charge in [-0.05, 0) is 49.7 Å². The van der Waals surface area contributed by atoms with Crippen molar-refractivity contribution >= 4 is 22.8 Å². The van der Waals surface area contributed by atoms with Crippen molar-refractivity contribution in [2.45, 2.75) is 31.9 Å². The van der Waals surface area contributed by atoms with Crippen LogP contribution in [0, 0.1) is 17.8 Å². The van der Waals surface area contributed by atoms with E-state index in [0.717, 1.165) is 17.8 Å². The van der Waals surface area contributed by atoms with Gasteiger partial charge in [-0.2, -0.15) is 0 Å². The number of alkyl halides is 1. The molecule has 2 rings (SSSR count). The molecule has 2 bridgehead atoms. The van der Waals surface area contributed by atoms with E-state index in [2.05, 4.69) is 15.9 Å². The van der Waals surface area contributed by atoms with Crippen LogP contribution in [0.4, 0.5) is 0 Å². The minimum Gasteiger partial charge on any atom is -0.438 e. The summed E-state index contributed by atoms with van der Waals surface area (Å²) < 4.78 is 5.48. The Labute approximate surface area is 89.9 Å². The lowest BCUT2D eigenvalue weighted by Crippen LogP contribution is -2.36. The number of hydrogen-bond donors (Lipinski definition) is 0. The molecular weight excluding hydrogens is 227 g/mol. The zero-order valence-electron chi connectivity index (χ0n) is 8.34. The number of hydrogen-bond acceptors (Lipinski definition) is 1. The van der Waals surface area contributed by atoms with Gasteiger partial charge in [0.25, 0.3) is 6.92 Å². The van der Waals surface area contributed by atoms with Crippen molar-refractivity contribution in [2.75, 3.05) is 12.4 Å². The van der Waals surface area contributed by atoms with Crippen molar-refractivity contribution in [3.63, 3.8) is 0 Å². The third kappa shape index (κ3) is 2.30. The minimum absolute atomic E-state index is 0.569. The highest BCUT2D eigenvalue weighted by Crippen LogP contribution is 2.43. The van der Waals surface area contributed by atoms with Crippen LogP contribution >= 0.6 is 15.9 Å². The number of rotatable bonds is 2. The van der Waals surface area contributed by atoms with Crippen LogP contribution in [0.5, 0.6) is 0 Å². The van der Waals surface area contributed by atoms with Crippen molar-refractivity contribution in [2.24, 2.45) is 17.8 Å². The molecule has 3 heteroatoms. The first-order chi connectivity index (χ1) is 6.31. The summed E-state index contributed by atoms with van der Waals surface area (Å²) in [6.45, 7) is 0.569. The average Bonchev–Trinajstić information content (AvgIpc) is 2.16. The van der Waals surface area contributed by atoms with Gasteiger partial charge in [0, 0.05) is 12.4 Å². The van der Waals surface area contributed by atoms with Crippen molar-refractivity contribution in [1.29, 1.82) is 0 Å². The van der Waals surface area contributed by atoms with Gasteiger partial charge in [-0.3, -0.25) is 0 Å². The Morgan fingerprint density at radius 3 is 2.31 bits per heavy atom. The fourth-order valence-electron chi connectivity index (χ4n) is 3.25. The molecule has 1 saturated carbocycles. The molecule has 1 heterocycles.